The Bertz CT molecular complexity index is 568. The number of carbonyl (C=O) groups excluding carboxylic acids is 1. The molecule has 0 unspecified atom stereocenters. The van der Waals surface area contributed by atoms with Crippen molar-refractivity contribution in [3.05, 3.63) is 33.8 Å². The van der Waals surface area contributed by atoms with E-state index in [1.807, 2.05) is 29.2 Å². The van der Waals surface area contributed by atoms with Crippen LogP contribution >= 0.6 is 15.9 Å². The van der Waals surface area contributed by atoms with Gasteiger partial charge in [-0.15, -0.1) is 0 Å². The number of amides is 1. The van der Waals surface area contributed by atoms with E-state index < -0.39 is 0 Å². The first kappa shape index (κ1) is 13.7. The molecule has 3 rings (SSSR count). The SMILES string of the molecule is C[C@@H]1CCCN(C(=O)C2=Cc3cc(Br)ccc3OC2)C1. The van der Waals surface area contributed by atoms with Crippen molar-refractivity contribution >= 4 is 27.9 Å². The van der Waals surface area contributed by atoms with Crippen LogP contribution in [0.2, 0.25) is 0 Å². The fourth-order valence-electron chi connectivity index (χ4n) is 2.85. The molecule has 1 atom stereocenters. The predicted molar refractivity (Wildman–Crippen MR) is 82.6 cm³/mol. The zero-order valence-electron chi connectivity index (χ0n) is 11.6. The summed E-state index contributed by atoms with van der Waals surface area (Å²) < 4.78 is 6.69. The van der Waals surface area contributed by atoms with Crippen LogP contribution in [0.5, 0.6) is 5.75 Å². The van der Waals surface area contributed by atoms with E-state index in [2.05, 4.69) is 22.9 Å². The second kappa shape index (κ2) is 5.60. The van der Waals surface area contributed by atoms with Gasteiger partial charge in [-0.25, -0.2) is 0 Å². The van der Waals surface area contributed by atoms with E-state index in [9.17, 15) is 4.79 Å². The zero-order valence-corrected chi connectivity index (χ0v) is 13.1. The van der Waals surface area contributed by atoms with Crippen LogP contribution in [0.25, 0.3) is 6.08 Å². The molecule has 2 aliphatic rings. The Kier molecular flexibility index (Phi) is 3.83. The first-order valence-corrected chi connectivity index (χ1v) is 7.85. The van der Waals surface area contributed by atoms with Crippen LogP contribution in [0.15, 0.2) is 28.2 Å². The molecule has 1 amide bonds. The van der Waals surface area contributed by atoms with Crippen molar-refractivity contribution in [3.8, 4) is 5.75 Å². The van der Waals surface area contributed by atoms with Crippen molar-refractivity contribution < 1.29 is 9.53 Å². The van der Waals surface area contributed by atoms with Crippen molar-refractivity contribution in [2.24, 2.45) is 5.92 Å². The summed E-state index contributed by atoms with van der Waals surface area (Å²) in [4.78, 5) is 14.5. The third-order valence-corrected chi connectivity index (χ3v) is 4.40. The molecule has 0 radical (unpaired) electrons. The van der Waals surface area contributed by atoms with Gasteiger partial charge in [-0.1, -0.05) is 22.9 Å². The number of fused-ring (bicyclic) bond motifs is 1. The Morgan fingerprint density at radius 2 is 2.30 bits per heavy atom. The van der Waals surface area contributed by atoms with Crippen LogP contribution in [0.3, 0.4) is 0 Å². The van der Waals surface area contributed by atoms with Gasteiger partial charge in [0.25, 0.3) is 5.91 Å². The highest BCUT2D eigenvalue weighted by molar-refractivity contribution is 9.10. The second-order valence-electron chi connectivity index (χ2n) is 5.64. The number of ether oxygens (including phenoxy) is 1. The highest BCUT2D eigenvalue weighted by Crippen LogP contribution is 2.30. The van der Waals surface area contributed by atoms with Gasteiger partial charge in [0.15, 0.2) is 0 Å². The summed E-state index contributed by atoms with van der Waals surface area (Å²) in [6.07, 6.45) is 4.28. The van der Waals surface area contributed by atoms with Crippen LogP contribution < -0.4 is 4.74 Å². The van der Waals surface area contributed by atoms with Crippen molar-refractivity contribution in [2.45, 2.75) is 19.8 Å². The molecule has 2 aliphatic heterocycles. The molecule has 2 heterocycles. The normalized spacial score (nSPS) is 21.8. The summed E-state index contributed by atoms with van der Waals surface area (Å²) in [7, 11) is 0. The number of halogens is 1. The van der Waals surface area contributed by atoms with E-state index in [1.165, 1.54) is 6.42 Å². The quantitative estimate of drug-likeness (QED) is 0.786. The van der Waals surface area contributed by atoms with E-state index in [-0.39, 0.29) is 5.91 Å². The highest BCUT2D eigenvalue weighted by atomic mass is 79.9. The number of carbonyl (C=O) groups is 1. The maximum Gasteiger partial charge on any atom is 0.253 e. The maximum atomic E-state index is 12.6. The van der Waals surface area contributed by atoms with Crippen molar-refractivity contribution in [1.82, 2.24) is 4.90 Å². The summed E-state index contributed by atoms with van der Waals surface area (Å²) in [6.45, 7) is 4.31. The van der Waals surface area contributed by atoms with Crippen LogP contribution in [0.4, 0.5) is 0 Å². The Morgan fingerprint density at radius 3 is 3.10 bits per heavy atom. The third-order valence-electron chi connectivity index (χ3n) is 3.90. The Labute approximate surface area is 127 Å². The fourth-order valence-corrected chi connectivity index (χ4v) is 3.23. The summed E-state index contributed by atoms with van der Waals surface area (Å²) in [5.74, 6) is 1.57. The number of rotatable bonds is 1. The highest BCUT2D eigenvalue weighted by Gasteiger charge is 2.25. The molecule has 0 bridgehead atoms. The van der Waals surface area contributed by atoms with E-state index in [0.29, 0.717) is 12.5 Å². The number of likely N-dealkylation sites (tertiary alicyclic amines) is 1. The van der Waals surface area contributed by atoms with Crippen molar-refractivity contribution in [3.63, 3.8) is 0 Å². The topological polar surface area (TPSA) is 29.5 Å². The van der Waals surface area contributed by atoms with Gasteiger partial charge in [0.05, 0.1) is 5.57 Å². The minimum absolute atomic E-state index is 0.127. The molecule has 4 heteroatoms. The first-order valence-electron chi connectivity index (χ1n) is 7.05. The van der Waals surface area contributed by atoms with Crippen LogP contribution in [-0.2, 0) is 4.79 Å². The van der Waals surface area contributed by atoms with Gasteiger partial charge in [-0.3, -0.25) is 4.79 Å². The molecule has 1 aromatic rings. The van der Waals surface area contributed by atoms with Crippen LogP contribution in [0, 0.1) is 5.92 Å². The standard InChI is InChI=1S/C16H18BrNO2/c1-11-3-2-6-18(9-11)16(19)13-7-12-8-14(17)4-5-15(12)20-10-13/h4-5,7-8,11H,2-3,6,9-10H2,1H3/t11-/m1/s1. The molecule has 0 N–H and O–H groups in total. The zero-order chi connectivity index (χ0) is 14.1. The average molecular weight is 336 g/mol. The van der Waals surface area contributed by atoms with Gasteiger partial charge in [0, 0.05) is 23.1 Å². The van der Waals surface area contributed by atoms with Crippen LogP contribution in [-0.4, -0.2) is 30.5 Å². The molecule has 1 fully saturated rings. The lowest BCUT2D eigenvalue weighted by molar-refractivity contribution is -0.129. The summed E-state index contributed by atoms with van der Waals surface area (Å²) in [5.41, 5.74) is 1.73. The van der Waals surface area contributed by atoms with Crippen molar-refractivity contribution in [1.29, 1.82) is 0 Å². The number of nitrogens with zero attached hydrogens (tertiary/aromatic N) is 1. The molecule has 0 saturated carbocycles. The molecule has 20 heavy (non-hydrogen) atoms. The van der Waals surface area contributed by atoms with E-state index in [0.717, 1.165) is 40.9 Å². The third kappa shape index (κ3) is 2.75. The van der Waals surface area contributed by atoms with Crippen molar-refractivity contribution in [2.75, 3.05) is 19.7 Å². The molecule has 1 aromatic carbocycles. The van der Waals surface area contributed by atoms with Gasteiger partial charge >= 0.3 is 0 Å². The number of hydrogen-bond acceptors (Lipinski definition) is 2. The monoisotopic (exact) mass is 335 g/mol. The van der Waals surface area contributed by atoms with Crippen LogP contribution in [0.1, 0.15) is 25.3 Å². The number of hydrogen-bond donors (Lipinski definition) is 0. The minimum atomic E-state index is 0.127. The molecule has 0 aliphatic carbocycles. The number of piperidine rings is 1. The fraction of sp³-hybridized carbons (Fsp3) is 0.438. The lowest BCUT2D eigenvalue weighted by Gasteiger charge is -2.32. The lowest BCUT2D eigenvalue weighted by atomic mass is 9.99. The van der Waals surface area contributed by atoms with Gasteiger partial charge in [-0.05, 0) is 43.0 Å². The molecular formula is C16H18BrNO2. The Morgan fingerprint density at radius 1 is 1.45 bits per heavy atom. The largest absolute Gasteiger partial charge is 0.488 e. The molecule has 106 valence electrons. The van der Waals surface area contributed by atoms with Gasteiger partial charge < -0.3 is 9.64 Å². The van der Waals surface area contributed by atoms with Gasteiger partial charge in [0.2, 0.25) is 0 Å². The summed E-state index contributed by atoms with van der Waals surface area (Å²) in [6, 6.07) is 5.87. The molecule has 0 aromatic heterocycles. The van der Waals surface area contributed by atoms with E-state index >= 15 is 0 Å². The number of benzene rings is 1. The van der Waals surface area contributed by atoms with Gasteiger partial charge in [0.1, 0.15) is 12.4 Å². The predicted octanol–water partition coefficient (Wildman–Crippen LogP) is 3.48. The first-order chi connectivity index (χ1) is 9.63. The molecule has 3 nitrogen and oxygen atoms in total. The second-order valence-corrected chi connectivity index (χ2v) is 6.55. The Hall–Kier alpha value is -1.29. The van der Waals surface area contributed by atoms with Gasteiger partial charge in [-0.2, -0.15) is 0 Å². The smallest absolute Gasteiger partial charge is 0.253 e. The average Bonchev–Trinajstić information content (AvgIpc) is 2.45. The lowest BCUT2D eigenvalue weighted by Crippen LogP contribution is -2.41. The van der Waals surface area contributed by atoms with E-state index in [4.69, 9.17) is 4.74 Å². The minimum Gasteiger partial charge on any atom is -0.488 e. The Balaban J connectivity index is 1.82. The summed E-state index contributed by atoms with van der Waals surface area (Å²) >= 11 is 3.45. The molecule has 0 spiro atoms. The van der Waals surface area contributed by atoms with E-state index in [1.54, 1.807) is 0 Å². The maximum absolute atomic E-state index is 12.6. The summed E-state index contributed by atoms with van der Waals surface area (Å²) in [5, 5.41) is 0. The molecule has 1 saturated heterocycles. The molecular weight excluding hydrogens is 318 g/mol.